The lowest BCUT2D eigenvalue weighted by molar-refractivity contribution is 0.202. The number of aromatic nitrogens is 2. The summed E-state index contributed by atoms with van der Waals surface area (Å²) in [7, 11) is -3.13. The van der Waals surface area contributed by atoms with Crippen LogP contribution in [0.4, 0.5) is 4.39 Å². The van der Waals surface area contributed by atoms with Crippen molar-refractivity contribution >= 4 is 9.84 Å². The minimum absolute atomic E-state index is 0.0301. The molecule has 1 saturated carbocycles. The van der Waals surface area contributed by atoms with Crippen LogP contribution in [0.5, 0.6) is 5.75 Å². The monoisotopic (exact) mass is 393 g/mol. The van der Waals surface area contributed by atoms with Gasteiger partial charge in [-0.2, -0.15) is 5.10 Å². The Morgan fingerprint density at radius 3 is 2.85 bits per heavy atom. The van der Waals surface area contributed by atoms with Crippen LogP contribution in [0.25, 0.3) is 0 Å². The average Bonchev–Trinajstić information content (AvgIpc) is 3.32. The van der Waals surface area contributed by atoms with E-state index in [1.54, 1.807) is 29.1 Å². The summed E-state index contributed by atoms with van der Waals surface area (Å²) in [4.78, 5) is 2.03. The Morgan fingerprint density at radius 1 is 1.33 bits per heavy atom. The first-order valence-corrected chi connectivity index (χ1v) is 11.2. The number of nitrogens with zero attached hydrogens (tertiary/aromatic N) is 3. The van der Waals surface area contributed by atoms with Gasteiger partial charge >= 0.3 is 0 Å². The fourth-order valence-corrected chi connectivity index (χ4v) is 4.98. The number of sulfone groups is 1. The highest BCUT2D eigenvalue weighted by Crippen LogP contribution is 2.32. The maximum Gasteiger partial charge on any atom is 0.169 e. The normalized spacial score (nSPS) is 22.7. The third-order valence-corrected chi connectivity index (χ3v) is 6.77. The van der Waals surface area contributed by atoms with Crippen LogP contribution in [0.1, 0.15) is 36.9 Å². The van der Waals surface area contributed by atoms with Crippen molar-refractivity contribution in [2.75, 3.05) is 18.1 Å². The van der Waals surface area contributed by atoms with Gasteiger partial charge in [-0.15, -0.1) is 0 Å². The zero-order valence-corrected chi connectivity index (χ0v) is 16.2. The molecule has 6 nitrogen and oxygen atoms in total. The van der Waals surface area contributed by atoms with E-state index in [9.17, 15) is 12.8 Å². The molecule has 1 saturated heterocycles. The first kappa shape index (κ1) is 18.4. The summed E-state index contributed by atoms with van der Waals surface area (Å²) in [5.41, 5.74) is 1.38. The van der Waals surface area contributed by atoms with E-state index in [-0.39, 0.29) is 35.2 Å². The quantitative estimate of drug-likeness (QED) is 0.755. The first-order chi connectivity index (χ1) is 12.9. The van der Waals surface area contributed by atoms with Crippen LogP contribution in [-0.4, -0.2) is 47.3 Å². The van der Waals surface area contributed by atoms with E-state index < -0.39 is 9.84 Å². The van der Waals surface area contributed by atoms with Crippen LogP contribution in [0.2, 0.25) is 0 Å². The second-order valence-electron chi connectivity index (χ2n) is 7.28. The fourth-order valence-electron chi connectivity index (χ4n) is 3.42. The summed E-state index contributed by atoms with van der Waals surface area (Å²) in [5, 5.41) is 4.27. The minimum Gasteiger partial charge on any atom is -0.487 e. The third-order valence-electron chi connectivity index (χ3n) is 5.14. The van der Waals surface area contributed by atoms with Gasteiger partial charge in [0.1, 0.15) is 0 Å². The number of aryl methyl sites for hydroxylation is 1. The Balaban J connectivity index is 1.59. The number of rotatable bonds is 6. The highest BCUT2D eigenvalue weighted by atomic mass is 32.2. The molecule has 0 radical (unpaired) electrons. The molecule has 2 aromatic rings. The van der Waals surface area contributed by atoms with E-state index in [1.807, 2.05) is 18.0 Å². The van der Waals surface area contributed by atoms with Crippen LogP contribution in [-0.2, 0) is 22.9 Å². The van der Waals surface area contributed by atoms with Gasteiger partial charge < -0.3 is 4.74 Å². The Labute approximate surface area is 158 Å². The zero-order valence-electron chi connectivity index (χ0n) is 15.3. The molecule has 1 aliphatic heterocycles. The molecule has 0 bridgehead atoms. The topological polar surface area (TPSA) is 64.4 Å². The van der Waals surface area contributed by atoms with Crippen LogP contribution in [0.3, 0.4) is 0 Å². The van der Waals surface area contributed by atoms with E-state index in [0.29, 0.717) is 25.2 Å². The lowest BCUT2D eigenvalue weighted by atomic mass is 10.1. The van der Waals surface area contributed by atoms with Crippen molar-refractivity contribution in [3.05, 3.63) is 47.5 Å². The molecule has 2 heterocycles. The number of halogens is 1. The average molecular weight is 393 g/mol. The molecule has 1 aromatic heterocycles. The van der Waals surface area contributed by atoms with Crippen molar-refractivity contribution in [3.63, 3.8) is 0 Å². The molecule has 0 spiro atoms. The maximum atomic E-state index is 14.9. The molecular formula is C19H24FN3O3S. The summed E-state index contributed by atoms with van der Waals surface area (Å²) in [6, 6.07) is 4.86. The molecular weight excluding hydrogens is 369 g/mol. The van der Waals surface area contributed by atoms with Gasteiger partial charge in [-0.05, 0) is 25.8 Å². The van der Waals surface area contributed by atoms with Gasteiger partial charge in [-0.25, -0.2) is 12.8 Å². The van der Waals surface area contributed by atoms with Crippen LogP contribution >= 0.6 is 0 Å². The van der Waals surface area contributed by atoms with Crippen molar-refractivity contribution in [1.29, 1.82) is 0 Å². The predicted molar refractivity (Wildman–Crippen MR) is 99.8 cm³/mol. The lowest BCUT2D eigenvalue weighted by Crippen LogP contribution is -2.42. The molecule has 0 N–H and O–H groups in total. The van der Waals surface area contributed by atoms with E-state index in [1.165, 1.54) is 0 Å². The van der Waals surface area contributed by atoms with E-state index >= 15 is 0 Å². The molecule has 0 amide bonds. The van der Waals surface area contributed by atoms with Crippen LogP contribution < -0.4 is 4.74 Å². The molecule has 4 rings (SSSR count). The highest BCUT2D eigenvalue weighted by molar-refractivity contribution is 7.91. The molecule has 2 aliphatic rings. The van der Waals surface area contributed by atoms with Crippen LogP contribution in [0, 0.1) is 5.82 Å². The van der Waals surface area contributed by atoms with Gasteiger partial charge in [0.15, 0.2) is 21.4 Å². The largest absolute Gasteiger partial charge is 0.487 e. The van der Waals surface area contributed by atoms with Gasteiger partial charge in [0.25, 0.3) is 0 Å². The van der Waals surface area contributed by atoms with Crippen molar-refractivity contribution in [2.45, 2.75) is 45.0 Å². The summed E-state index contributed by atoms with van der Waals surface area (Å²) < 4.78 is 46.7. The third kappa shape index (κ3) is 4.16. The summed E-state index contributed by atoms with van der Waals surface area (Å²) in [5.74, 6) is 0.0592. The van der Waals surface area contributed by atoms with Gasteiger partial charge in [0, 0.05) is 37.0 Å². The molecule has 1 aliphatic carbocycles. The summed E-state index contributed by atoms with van der Waals surface area (Å²) in [6.07, 6.45) is 5.66. The van der Waals surface area contributed by atoms with Gasteiger partial charge in [0.05, 0.1) is 29.8 Å². The van der Waals surface area contributed by atoms with E-state index in [4.69, 9.17) is 4.74 Å². The molecule has 2 fully saturated rings. The number of benzene rings is 1. The minimum atomic E-state index is -3.13. The van der Waals surface area contributed by atoms with E-state index in [2.05, 4.69) is 5.10 Å². The Morgan fingerprint density at radius 2 is 2.15 bits per heavy atom. The van der Waals surface area contributed by atoms with Crippen molar-refractivity contribution < 1.29 is 17.5 Å². The second-order valence-corrected chi connectivity index (χ2v) is 9.51. The Hall–Kier alpha value is -1.93. The summed E-state index contributed by atoms with van der Waals surface area (Å²) >= 11 is 0. The standard InChI is InChI=1S/C19H24FN3O3S/c1-2-23-12-15(10-21-23)17-13-27(24,25)9-8-22(17)11-14-4-3-5-18(19(14)20)26-16-6-7-16/h3-5,10,12,16-17H,2,6-9,11,13H2,1H3. The van der Waals surface area contributed by atoms with Gasteiger partial charge in [-0.3, -0.25) is 9.58 Å². The van der Waals surface area contributed by atoms with Crippen molar-refractivity contribution in [1.82, 2.24) is 14.7 Å². The molecule has 1 unspecified atom stereocenters. The van der Waals surface area contributed by atoms with Crippen molar-refractivity contribution in [2.24, 2.45) is 0 Å². The van der Waals surface area contributed by atoms with Gasteiger partial charge in [0.2, 0.25) is 0 Å². The van der Waals surface area contributed by atoms with E-state index in [0.717, 1.165) is 18.4 Å². The summed E-state index contributed by atoms with van der Waals surface area (Å²) in [6.45, 7) is 3.41. The molecule has 1 atom stereocenters. The molecule has 8 heteroatoms. The Kier molecular flexibility index (Phi) is 4.94. The molecule has 1 aromatic carbocycles. The fraction of sp³-hybridized carbons (Fsp3) is 0.526. The SMILES string of the molecule is CCn1cc(C2CS(=O)(=O)CCN2Cc2cccc(OC3CC3)c2F)cn1. The number of hydrogen-bond donors (Lipinski definition) is 0. The number of hydrogen-bond acceptors (Lipinski definition) is 5. The smallest absolute Gasteiger partial charge is 0.169 e. The molecule has 146 valence electrons. The number of ether oxygens (including phenoxy) is 1. The first-order valence-electron chi connectivity index (χ1n) is 9.36. The zero-order chi connectivity index (χ0) is 19.0. The predicted octanol–water partition coefficient (Wildman–Crippen LogP) is 2.56. The highest BCUT2D eigenvalue weighted by Gasteiger charge is 2.34. The van der Waals surface area contributed by atoms with Crippen LogP contribution in [0.15, 0.2) is 30.6 Å². The van der Waals surface area contributed by atoms with Gasteiger partial charge in [-0.1, -0.05) is 12.1 Å². The Bertz CT molecular complexity index is 924. The van der Waals surface area contributed by atoms with Crippen molar-refractivity contribution in [3.8, 4) is 5.75 Å². The second kappa shape index (κ2) is 7.24. The lowest BCUT2D eigenvalue weighted by Gasteiger charge is -2.35. The maximum absolute atomic E-state index is 14.9. The molecule has 27 heavy (non-hydrogen) atoms.